The van der Waals surface area contributed by atoms with Gasteiger partial charge in [0.2, 0.25) is 5.91 Å². The van der Waals surface area contributed by atoms with Crippen LogP contribution in [0.4, 0.5) is 11.4 Å². The number of hydrogen-bond acceptors (Lipinski definition) is 4. The van der Waals surface area contributed by atoms with Crippen molar-refractivity contribution in [3.05, 3.63) is 72.3 Å². The van der Waals surface area contributed by atoms with Crippen molar-refractivity contribution in [2.45, 2.75) is 19.9 Å². The molecule has 0 aliphatic rings. The lowest BCUT2D eigenvalue weighted by Crippen LogP contribution is -2.24. The molecule has 2 N–H and O–H groups in total. The quantitative estimate of drug-likeness (QED) is 0.741. The van der Waals surface area contributed by atoms with E-state index in [2.05, 4.69) is 20.7 Å². The highest BCUT2D eigenvalue weighted by atomic mass is 16.2. The van der Waals surface area contributed by atoms with Crippen LogP contribution in [-0.2, 0) is 4.79 Å². The van der Waals surface area contributed by atoms with E-state index in [1.807, 2.05) is 25.1 Å². The first kappa shape index (κ1) is 17.3. The second-order valence-electron chi connectivity index (χ2n) is 5.89. The van der Waals surface area contributed by atoms with Crippen LogP contribution in [0.5, 0.6) is 0 Å². The predicted molar refractivity (Wildman–Crippen MR) is 98.9 cm³/mol. The molecular weight excluding hydrogens is 330 g/mol. The zero-order valence-electron chi connectivity index (χ0n) is 14.5. The molecule has 1 heterocycles. The minimum atomic E-state index is -0.474. The summed E-state index contributed by atoms with van der Waals surface area (Å²) in [6.07, 6.45) is 2.88. The van der Waals surface area contributed by atoms with Gasteiger partial charge in [-0.1, -0.05) is 18.2 Å². The molecule has 0 bridgehead atoms. The zero-order chi connectivity index (χ0) is 18.5. The van der Waals surface area contributed by atoms with Gasteiger partial charge < -0.3 is 10.6 Å². The normalized spacial score (nSPS) is 11.6. The van der Waals surface area contributed by atoms with Gasteiger partial charge in [-0.25, -0.2) is 9.67 Å². The second kappa shape index (κ2) is 7.60. The third-order valence-electron chi connectivity index (χ3n) is 4.01. The van der Waals surface area contributed by atoms with E-state index in [4.69, 9.17) is 0 Å². The minimum absolute atomic E-state index is 0.167. The summed E-state index contributed by atoms with van der Waals surface area (Å²) < 4.78 is 1.48. The van der Waals surface area contributed by atoms with Gasteiger partial charge in [0, 0.05) is 16.9 Å². The van der Waals surface area contributed by atoms with E-state index in [1.54, 1.807) is 37.3 Å². The van der Waals surface area contributed by atoms with Crippen LogP contribution >= 0.6 is 0 Å². The molecule has 7 nitrogen and oxygen atoms in total. The number of anilines is 2. The van der Waals surface area contributed by atoms with Gasteiger partial charge in [0.15, 0.2) is 0 Å². The van der Waals surface area contributed by atoms with E-state index in [0.29, 0.717) is 16.9 Å². The molecule has 1 atom stereocenters. The van der Waals surface area contributed by atoms with Crippen molar-refractivity contribution < 1.29 is 9.59 Å². The summed E-state index contributed by atoms with van der Waals surface area (Å²) in [4.78, 5) is 28.4. The van der Waals surface area contributed by atoms with Gasteiger partial charge >= 0.3 is 0 Å². The van der Waals surface area contributed by atoms with Crippen molar-refractivity contribution >= 4 is 23.2 Å². The molecule has 2 amide bonds. The molecule has 0 spiro atoms. The first-order valence-electron chi connectivity index (χ1n) is 8.16. The van der Waals surface area contributed by atoms with Crippen molar-refractivity contribution in [1.29, 1.82) is 0 Å². The van der Waals surface area contributed by atoms with Crippen molar-refractivity contribution in [3.8, 4) is 0 Å². The summed E-state index contributed by atoms with van der Waals surface area (Å²) >= 11 is 0. The van der Waals surface area contributed by atoms with Crippen LogP contribution < -0.4 is 10.6 Å². The van der Waals surface area contributed by atoms with Crippen LogP contribution in [0.25, 0.3) is 0 Å². The highest BCUT2D eigenvalue weighted by molar-refractivity contribution is 6.05. The maximum absolute atomic E-state index is 12.3. The van der Waals surface area contributed by atoms with Crippen molar-refractivity contribution in [3.63, 3.8) is 0 Å². The highest BCUT2D eigenvalue weighted by Gasteiger charge is 2.15. The Bertz CT molecular complexity index is 904. The number of rotatable bonds is 5. The Morgan fingerprint density at radius 3 is 2.27 bits per heavy atom. The van der Waals surface area contributed by atoms with E-state index >= 15 is 0 Å². The van der Waals surface area contributed by atoms with E-state index in [0.717, 1.165) is 5.56 Å². The van der Waals surface area contributed by atoms with Crippen LogP contribution in [0.1, 0.15) is 28.9 Å². The molecule has 0 aliphatic carbocycles. The van der Waals surface area contributed by atoms with Crippen LogP contribution in [0.15, 0.2) is 61.2 Å². The number of benzene rings is 2. The minimum Gasteiger partial charge on any atom is -0.324 e. The summed E-state index contributed by atoms with van der Waals surface area (Å²) in [5, 5.41) is 9.62. The Labute approximate surface area is 151 Å². The average Bonchev–Trinajstić information content (AvgIpc) is 3.17. The Kier molecular flexibility index (Phi) is 5.07. The molecule has 1 aromatic heterocycles. The number of carbonyl (C=O) groups is 2. The third kappa shape index (κ3) is 3.94. The lowest BCUT2D eigenvalue weighted by Gasteiger charge is -2.13. The fourth-order valence-corrected chi connectivity index (χ4v) is 2.45. The summed E-state index contributed by atoms with van der Waals surface area (Å²) in [5.74, 6) is -0.369. The lowest BCUT2D eigenvalue weighted by molar-refractivity contribution is -0.119. The van der Waals surface area contributed by atoms with E-state index < -0.39 is 6.04 Å². The van der Waals surface area contributed by atoms with E-state index in [9.17, 15) is 9.59 Å². The number of nitrogens with zero attached hydrogens (tertiary/aromatic N) is 3. The highest BCUT2D eigenvalue weighted by Crippen LogP contribution is 2.17. The number of amides is 2. The molecule has 2 aromatic carbocycles. The zero-order valence-corrected chi connectivity index (χ0v) is 14.5. The molecule has 1 unspecified atom stereocenters. The van der Waals surface area contributed by atoms with Crippen molar-refractivity contribution in [2.75, 3.05) is 10.6 Å². The van der Waals surface area contributed by atoms with Crippen molar-refractivity contribution in [1.82, 2.24) is 14.8 Å². The van der Waals surface area contributed by atoms with Gasteiger partial charge in [-0.2, -0.15) is 5.10 Å². The fourth-order valence-electron chi connectivity index (χ4n) is 2.45. The Morgan fingerprint density at radius 1 is 1.00 bits per heavy atom. The Balaban J connectivity index is 1.62. The van der Waals surface area contributed by atoms with Crippen LogP contribution in [-0.4, -0.2) is 26.6 Å². The molecule has 132 valence electrons. The molecule has 3 rings (SSSR count). The lowest BCUT2D eigenvalue weighted by atomic mass is 10.1. The van der Waals surface area contributed by atoms with Gasteiger partial charge in [0.1, 0.15) is 18.7 Å². The van der Waals surface area contributed by atoms with Crippen LogP contribution in [0, 0.1) is 6.92 Å². The molecule has 0 saturated heterocycles. The van der Waals surface area contributed by atoms with E-state index in [1.165, 1.54) is 17.3 Å². The molecule has 0 fully saturated rings. The Hall–Kier alpha value is -3.48. The van der Waals surface area contributed by atoms with Gasteiger partial charge in [-0.05, 0) is 49.7 Å². The number of carbonyl (C=O) groups excluding carboxylic acids is 2. The second-order valence-corrected chi connectivity index (χ2v) is 5.89. The molecule has 0 radical (unpaired) electrons. The van der Waals surface area contributed by atoms with Gasteiger partial charge in [-0.3, -0.25) is 9.59 Å². The summed E-state index contributed by atoms with van der Waals surface area (Å²) in [7, 11) is 0. The van der Waals surface area contributed by atoms with E-state index in [-0.39, 0.29) is 11.8 Å². The molecular formula is C19H19N5O2. The maximum Gasteiger partial charge on any atom is 0.255 e. The van der Waals surface area contributed by atoms with Crippen LogP contribution in [0.3, 0.4) is 0 Å². The molecule has 0 aliphatic heterocycles. The molecule has 0 saturated carbocycles. The summed E-state index contributed by atoms with van der Waals surface area (Å²) in [5.41, 5.74) is 2.83. The maximum atomic E-state index is 12.3. The fraction of sp³-hybridized carbons (Fsp3) is 0.158. The van der Waals surface area contributed by atoms with Crippen LogP contribution in [0.2, 0.25) is 0 Å². The average molecular weight is 349 g/mol. The molecule has 3 aromatic rings. The Morgan fingerprint density at radius 2 is 1.65 bits per heavy atom. The number of hydrogen-bond donors (Lipinski definition) is 2. The third-order valence-corrected chi connectivity index (χ3v) is 4.01. The number of nitrogens with one attached hydrogen (secondary N) is 2. The monoisotopic (exact) mass is 349 g/mol. The standard InChI is InChI=1S/C19H19N5O2/c1-13-5-3-4-6-17(13)19(26)23-16-9-7-15(8-10-16)22-18(25)14(2)24-12-20-11-21-24/h3-12,14H,1-2H3,(H,22,25)(H,23,26). The number of aryl methyl sites for hydroxylation is 1. The van der Waals surface area contributed by atoms with Gasteiger partial charge in [0.05, 0.1) is 0 Å². The topological polar surface area (TPSA) is 88.9 Å². The first-order chi connectivity index (χ1) is 12.5. The van der Waals surface area contributed by atoms with Gasteiger partial charge in [0.25, 0.3) is 5.91 Å². The SMILES string of the molecule is Cc1ccccc1C(=O)Nc1ccc(NC(=O)C(C)n2cncn2)cc1. The largest absolute Gasteiger partial charge is 0.324 e. The molecule has 7 heteroatoms. The smallest absolute Gasteiger partial charge is 0.255 e. The summed E-state index contributed by atoms with van der Waals surface area (Å²) in [6.45, 7) is 3.63. The first-order valence-corrected chi connectivity index (χ1v) is 8.16. The predicted octanol–water partition coefficient (Wildman–Crippen LogP) is 3.04. The number of aromatic nitrogens is 3. The summed E-state index contributed by atoms with van der Waals surface area (Å²) in [6, 6.07) is 13.9. The van der Waals surface area contributed by atoms with Gasteiger partial charge in [-0.15, -0.1) is 0 Å². The van der Waals surface area contributed by atoms with Crippen molar-refractivity contribution in [2.24, 2.45) is 0 Å². The molecule has 26 heavy (non-hydrogen) atoms.